The first-order valence-corrected chi connectivity index (χ1v) is 7.35. The van der Waals surface area contributed by atoms with Crippen LogP contribution < -0.4 is 20.1 Å². The van der Waals surface area contributed by atoms with Gasteiger partial charge >= 0.3 is 18.1 Å². The van der Waals surface area contributed by atoms with Gasteiger partial charge in [0, 0.05) is 19.2 Å². The largest absolute Gasteiger partial charge is 0.492 e. The Morgan fingerprint density at radius 3 is 2.21 bits per heavy atom. The molecule has 0 spiro atoms. The summed E-state index contributed by atoms with van der Waals surface area (Å²) in [7, 11) is 1.39. The molecule has 1 aromatic rings. The first-order chi connectivity index (χ1) is 11.1. The maximum Gasteiger partial charge on any atom is 0.492 e. The van der Waals surface area contributed by atoms with Crippen LogP contribution in [0.2, 0.25) is 10.0 Å². The number of carbonyl (C=O) groups excluding carboxylic acids is 1. The van der Waals surface area contributed by atoms with Gasteiger partial charge in [-0.3, -0.25) is 5.32 Å². The summed E-state index contributed by atoms with van der Waals surface area (Å²) in [4.78, 5) is 11.8. The van der Waals surface area contributed by atoms with Crippen LogP contribution in [-0.2, 0) is 4.74 Å². The Morgan fingerprint density at radius 1 is 1.29 bits per heavy atom. The van der Waals surface area contributed by atoms with Crippen LogP contribution in [0.1, 0.15) is 6.92 Å². The van der Waals surface area contributed by atoms with Crippen LogP contribution in [0.4, 0.5) is 18.0 Å². The Kier molecular flexibility index (Phi) is 5.26. The molecule has 0 unspecified atom stereocenters. The monoisotopic (exact) mass is 388 g/mol. The van der Waals surface area contributed by atoms with Gasteiger partial charge in [0.2, 0.25) is 0 Å². The highest BCUT2D eigenvalue weighted by atomic mass is 35.5. The first kappa shape index (κ1) is 18.8. The fourth-order valence-electron chi connectivity index (χ4n) is 1.94. The van der Waals surface area contributed by atoms with Gasteiger partial charge < -0.3 is 19.5 Å². The average Bonchev–Trinajstić information content (AvgIpc) is 2.77. The van der Waals surface area contributed by atoms with Crippen molar-refractivity contribution in [1.29, 1.82) is 0 Å². The molecule has 2 N–H and O–H groups in total. The summed E-state index contributed by atoms with van der Waals surface area (Å²) in [6.07, 6.45) is -5.08. The quantitative estimate of drug-likeness (QED) is 0.829. The molecule has 0 saturated carbocycles. The number of alkyl halides is 3. The van der Waals surface area contributed by atoms with Gasteiger partial charge in [-0.25, -0.2) is 4.79 Å². The zero-order chi connectivity index (χ0) is 18.1. The van der Waals surface area contributed by atoms with Gasteiger partial charge in [-0.1, -0.05) is 23.2 Å². The van der Waals surface area contributed by atoms with Gasteiger partial charge in [-0.05, 0) is 6.92 Å². The summed E-state index contributed by atoms with van der Waals surface area (Å²) >= 11 is 11.5. The molecular formula is C13H13Cl2F3N2O4. The van der Waals surface area contributed by atoms with Crippen LogP contribution in [0.3, 0.4) is 0 Å². The molecule has 0 bridgehead atoms. The van der Waals surface area contributed by atoms with E-state index in [1.165, 1.54) is 7.11 Å². The second-order valence-corrected chi connectivity index (χ2v) is 5.80. The van der Waals surface area contributed by atoms with Crippen LogP contribution in [0, 0.1) is 0 Å². The van der Waals surface area contributed by atoms with Gasteiger partial charge in [0.05, 0.1) is 22.7 Å². The van der Waals surface area contributed by atoms with Gasteiger partial charge in [-0.2, -0.15) is 13.2 Å². The van der Waals surface area contributed by atoms with Crippen LogP contribution >= 0.6 is 23.2 Å². The molecule has 134 valence electrons. The van der Waals surface area contributed by atoms with Gasteiger partial charge in [-0.15, -0.1) is 0 Å². The topological polar surface area (TPSA) is 68.8 Å². The molecule has 0 aromatic heterocycles. The van der Waals surface area contributed by atoms with Gasteiger partial charge in [0.15, 0.2) is 11.5 Å². The Labute approximate surface area is 145 Å². The molecule has 6 nitrogen and oxygen atoms in total. The number of rotatable bonds is 4. The highest BCUT2D eigenvalue weighted by molar-refractivity contribution is 6.42. The van der Waals surface area contributed by atoms with Crippen molar-refractivity contribution in [2.24, 2.45) is 0 Å². The second kappa shape index (κ2) is 6.73. The predicted octanol–water partition coefficient (Wildman–Crippen LogP) is 3.31. The van der Waals surface area contributed by atoms with E-state index in [2.05, 4.69) is 5.32 Å². The van der Waals surface area contributed by atoms with Crippen LogP contribution in [0.5, 0.6) is 11.5 Å². The molecule has 11 heteroatoms. The molecule has 0 fully saturated rings. The number of hydrogen-bond donors (Lipinski definition) is 2. The van der Waals surface area contributed by atoms with E-state index in [9.17, 15) is 18.0 Å². The Balaban J connectivity index is 2.23. The summed E-state index contributed by atoms with van der Waals surface area (Å²) < 4.78 is 54.7. The van der Waals surface area contributed by atoms with E-state index >= 15 is 0 Å². The lowest BCUT2D eigenvalue weighted by molar-refractivity contribution is -0.317. The zero-order valence-corrected chi connectivity index (χ0v) is 14.0. The van der Waals surface area contributed by atoms with E-state index in [-0.39, 0.29) is 28.2 Å². The number of fused-ring (bicyclic) bond motifs is 1. The number of nitrogens with one attached hydrogen (secondary N) is 2. The third kappa shape index (κ3) is 3.73. The first-order valence-electron chi connectivity index (χ1n) is 6.59. The predicted molar refractivity (Wildman–Crippen MR) is 79.5 cm³/mol. The van der Waals surface area contributed by atoms with Crippen LogP contribution in [0.15, 0.2) is 12.1 Å². The Hall–Kier alpha value is -1.58. The van der Waals surface area contributed by atoms with E-state index in [4.69, 9.17) is 37.4 Å². The van der Waals surface area contributed by atoms with E-state index in [0.29, 0.717) is 0 Å². The van der Waals surface area contributed by atoms with Crippen molar-refractivity contribution in [3.8, 4) is 11.5 Å². The number of methoxy groups -OCH3 is 1. The molecule has 1 aliphatic heterocycles. The molecule has 0 aliphatic carbocycles. The third-order valence-corrected chi connectivity index (χ3v) is 3.66. The summed E-state index contributed by atoms with van der Waals surface area (Å²) in [5.41, 5.74) is 0. The molecule has 1 aromatic carbocycles. The van der Waals surface area contributed by atoms with Crippen molar-refractivity contribution in [2.75, 3.05) is 13.7 Å². The van der Waals surface area contributed by atoms with E-state index in [1.807, 2.05) is 0 Å². The summed E-state index contributed by atoms with van der Waals surface area (Å²) in [5, 5.41) is 3.88. The SMILES string of the molecule is COC[C@@H](C)NC(=O)NC1(C(F)(F)F)Oc2cc(Cl)c(Cl)cc2O1. The fourth-order valence-corrected chi connectivity index (χ4v) is 2.25. The number of ether oxygens (including phenoxy) is 3. The van der Waals surface area contributed by atoms with E-state index in [0.717, 1.165) is 12.1 Å². The molecule has 1 aliphatic rings. The zero-order valence-electron chi connectivity index (χ0n) is 12.5. The van der Waals surface area contributed by atoms with Crippen molar-refractivity contribution in [3.63, 3.8) is 0 Å². The molecule has 0 radical (unpaired) electrons. The number of halogens is 5. The molecular weight excluding hydrogens is 376 g/mol. The van der Waals surface area contributed by atoms with Crippen molar-refractivity contribution < 1.29 is 32.2 Å². The lowest BCUT2D eigenvalue weighted by atomic mass is 10.3. The average molecular weight is 389 g/mol. The second-order valence-electron chi connectivity index (χ2n) is 4.99. The fraction of sp³-hybridized carbons (Fsp3) is 0.462. The van der Waals surface area contributed by atoms with Gasteiger partial charge in [0.1, 0.15) is 0 Å². The molecule has 1 atom stereocenters. The minimum atomic E-state index is -5.08. The maximum atomic E-state index is 13.4. The van der Waals surface area contributed by atoms with E-state index in [1.54, 1.807) is 12.2 Å². The van der Waals surface area contributed by atoms with Crippen molar-refractivity contribution >= 4 is 29.2 Å². The number of benzene rings is 1. The maximum absolute atomic E-state index is 13.4. The number of amides is 2. The Morgan fingerprint density at radius 2 is 1.79 bits per heavy atom. The highest BCUT2D eigenvalue weighted by Gasteiger charge is 2.65. The van der Waals surface area contributed by atoms with Crippen molar-refractivity contribution in [3.05, 3.63) is 22.2 Å². The molecule has 2 rings (SSSR count). The number of urea groups is 1. The molecule has 1 heterocycles. The molecule has 2 amide bonds. The smallest absolute Gasteiger partial charge is 0.424 e. The number of carbonyl (C=O) groups is 1. The molecule has 24 heavy (non-hydrogen) atoms. The minimum absolute atomic E-state index is 0.0184. The lowest BCUT2D eigenvalue weighted by Gasteiger charge is -2.30. The van der Waals surface area contributed by atoms with Crippen molar-refractivity contribution in [2.45, 2.75) is 25.1 Å². The van der Waals surface area contributed by atoms with Gasteiger partial charge in [0.25, 0.3) is 0 Å². The number of hydrogen-bond acceptors (Lipinski definition) is 4. The minimum Gasteiger partial charge on any atom is -0.424 e. The van der Waals surface area contributed by atoms with Crippen LogP contribution in [-0.4, -0.2) is 37.9 Å². The summed E-state index contributed by atoms with van der Waals surface area (Å²) in [5.74, 6) is -3.99. The van der Waals surface area contributed by atoms with E-state index < -0.39 is 24.2 Å². The highest BCUT2D eigenvalue weighted by Crippen LogP contribution is 2.47. The molecule has 0 saturated heterocycles. The lowest BCUT2D eigenvalue weighted by Crippen LogP contribution is -2.66. The Bertz CT molecular complexity index is 611. The normalized spacial score (nSPS) is 16.6. The van der Waals surface area contributed by atoms with Crippen LogP contribution in [0.25, 0.3) is 0 Å². The standard InChI is InChI=1S/C13H13Cl2F3N2O4/c1-6(5-22-2)19-11(21)20-13(12(16,17)18)23-9-3-7(14)8(15)4-10(9)24-13/h3-4,6H,5H2,1-2H3,(H2,19,20,21)/t6-/m1/s1. The van der Waals surface area contributed by atoms with Crippen molar-refractivity contribution in [1.82, 2.24) is 10.6 Å². The third-order valence-electron chi connectivity index (χ3n) is 2.94. The summed E-state index contributed by atoms with van der Waals surface area (Å²) in [6.45, 7) is 1.66. The summed E-state index contributed by atoms with van der Waals surface area (Å²) in [6, 6.07) is 0.453.